The highest BCUT2D eigenvalue weighted by atomic mass is 16.2. The fourth-order valence-electron chi connectivity index (χ4n) is 1.68. The van der Waals surface area contributed by atoms with Crippen LogP contribution in [0, 0.1) is 0 Å². The highest BCUT2D eigenvalue weighted by Crippen LogP contribution is 2.09. The lowest BCUT2D eigenvalue weighted by Gasteiger charge is -2.21. The van der Waals surface area contributed by atoms with E-state index in [9.17, 15) is 9.59 Å². The number of amides is 2. The summed E-state index contributed by atoms with van der Waals surface area (Å²) in [5.41, 5.74) is -0.262. The van der Waals surface area contributed by atoms with Gasteiger partial charge in [-0.15, -0.1) is 0 Å². The summed E-state index contributed by atoms with van der Waals surface area (Å²) in [4.78, 5) is 24.8. The summed E-state index contributed by atoms with van der Waals surface area (Å²) in [7, 11) is 0. The molecule has 0 aromatic heterocycles. The normalized spacial score (nSPS) is 16.6. The number of hydrogen-bond acceptors (Lipinski definition) is 2. The second-order valence-electron chi connectivity index (χ2n) is 5.06. The first kappa shape index (κ1) is 12.0. The van der Waals surface area contributed by atoms with Crippen LogP contribution in [0.25, 0.3) is 0 Å². The number of carbonyl (C=O) groups excluding carboxylic acids is 2. The van der Waals surface area contributed by atoms with Crippen LogP contribution in [0.4, 0.5) is 0 Å². The molecule has 2 amide bonds. The molecule has 1 aliphatic rings. The average molecular weight is 212 g/mol. The number of rotatable bonds is 2. The largest absolute Gasteiger partial charge is 0.351 e. The van der Waals surface area contributed by atoms with Gasteiger partial charge in [-0.05, 0) is 33.6 Å². The Kier molecular flexibility index (Phi) is 3.72. The molecule has 0 aliphatic carbocycles. The Morgan fingerprint density at radius 1 is 1.20 bits per heavy atom. The van der Waals surface area contributed by atoms with Gasteiger partial charge in [0, 0.05) is 18.6 Å². The fraction of sp³-hybridized carbons (Fsp3) is 0.818. The van der Waals surface area contributed by atoms with Gasteiger partial charge in [-0.3, -0.25) is 9.59 Å². The summed E-state index contributed by atoms with van der Waals surface area (Å²) < 4.78 is 0. The van der Waals surface area contributed by atoms with Crippen LogP contribution >= 0.6 is 0 Å². The molecule has 1 fully saturated rings. The molecule has 4 heteroatoms. The predicted molar refractivity (Wildman–Crippen MR) is 58.3 cm³/mol. The molecule has 0 aromatic rings. The maximum Gasteiger partial charge on any atom is 0.232 e. The second kappa shape index (κ2) is 4.64. The third-order valence-corrected chi connectivity index (χ3v) is 2.28. The highest BCUT2D eigenvalue weighted by molar-refractivity contribution is 5.97. The zero-order chi connectivity index (χ0) is 11.5. The molecule has 0 radical (unpaired) electrons. The van der Waals surface area contributed by atoms with Crippen molar-refractivity contribution in [1.82, 2.24) is 10.2 Å². The third-order valence-electron chi connectivity index (χ3n) is 2.28. The van der Waals surface area contributed by atoms with Crippen LogP contribution in [0.3, 0.4) is 0 Å². The Morgan fingerprint density at radius 3 is 2.20 bits per heavy atom. The number of nitrogens with one attached hydrogen (secondary N) is 1. The molecule has 0 unspecified atom stereocenters. The number of nitrogens with zero attached hydrogens (tertiary/aromatic N) is 1. The van der Waals surface area contributed by atoms with Crippen molar-refractivity contribution in [2.45, 2.75) is 45.6 Å². The quantitative estimate of drug-likeness (QED) is 0.692. The van der Waals surface area contributed by atoms with Gasteiger partial charge in [-0.25, -0.2) is 0 Å². The molecule has 86 valence electrons. The van der Waals surface area contributed by atoms with Gasteiger partial charge in [0.2, 0.25) is 11.8 Å². The number of hydrogen-bond donors (Lipinski definition) is 1. The average Bonchev–Trinajstić information content (AvgIpc) is 2.50. The van der Waals surface area contributed by atoms with E-state index >= 15 is 0 Å². The van der Waals surface area contributed by atoms with Crippen molar-refractivity contribution in [1.29, 1.82) is 0 Å². The van der Waals surface area contributed by atoms with Crippen molar-refractivity contribution < 1.29 is 9.59 Å². The van der Waals surface area contributed by atoms with Crippen LogP contribution in [0.2, 0.25) is 0 Å². The molecule has 1 aliphatic heterocycles. The van der Waals surface area contributed by atoms with Crippen molar-refractivity contribution in [3.8, 4) is 0 Å². The summed E-state index contributed by atoms with van der Waals surface area (Å²) in [6.45, 7) is 7.34. The van der Waals surface area contributed by atoms with Gasteiger partial charge < -0.3 is 10.2 Å². The molecule has 15 heavy (non-hydrogen) atoms. The predicted octanol–water partition coefficient (Wildman–Crippen LogP) is 0.914. The van der Waals surface area contributed by atoms with E-state index in [1.165, 1.54) is 0 Å². The molecule has 0 atom stereocenters. The maximum absolute atomic E-state index is 11.6. The lowest BCUT2D eigenvalue weighted by atomic mass is 10.1. The van der Waals surface area contributed by atoms with Gasteiger partial charge in [0.15, 0.2) is 0 Å². The van der Waals surface area contributed by atoms with Crippen molar-refractivity contribution in [3.63, 3.8) is 0 Å². The van der Waals surface area contributed by atoms with Crippen LogP contribution in [0.15, 0.2) is 0 Å². The van der Waals surface area contributed by atoms with Crippen molar-refractivity contribution in [3.05, 3.63) is 0 Å². The van der Waals surface area contributed by atoms with E-state index in [0.717, 1.165) is 25.9 Å². The SMILES string of the molecule is CC(C)(C)NC(=O)CC(=O)N1CCCC1. The molecular formula is C11H20N2O2. The molecule has 1 rings (SSSR count). The highest BCUT2D eigenvalue weighted by Gasteiger charge is 2.22. The summed E-state index contributed by atoms with van der Waals surface area (Å²) in [6, 6.07) is 0. The second-order valence-corrected chi connectivity index (χ2v) is 5.06. The summed E-state index contributed by atoms with van der Waals surface area (Å²) >= 11 is 0. The van der Waals surface area contributed by atoms with Crippen LogP contribution in [0.5, 0.6) is 0 Å². The van der Waals surface area contributed by atoms with Crippen LogP contribution in [-0.2, 0) is 9.59 Å². The van der Waals surface area contributed by atoms with E-state index in [1.807, 2.05) is 20.8 Å². The van der Waals surface area contributed by atoms with Gasteiger partial charge in [-0.2, -0.15) is 0 Å². The van der Waals surface area contributed by atoms with Crippen molar-refractivity contribution >= 4 is 11.8 Å². The Hall–Kier alpha value is -1.06. The third kappa shape index (κ3) is 4.32. The standard InChI is InChI=1S/C11H20N2O2/c1-11(2,3)12-9(14)8-10(15)13-6-4-5-7-13/h4-8H2,1-3H3,(H,12,14). The van der Waals surface area contributed by atoms with Crippen LogP contribution in [-0.4, -0.2) is 35.3 Å². The lowest BCUT2D eigenvalue weighted by Crippen LogP contribution is -2.43. The first-order chi connectivity index (χ1) is 6.88. The minimum atomic E-state index is -0.262. The van der Waals surface area contributed by atoms with E-state index in [-0.39, 0.29) is 23.8 Å². The fourth-order valence-corrected chi connectivity index (χ4v) is 1.68. The molecule has 0 aromatic carbocycles. The Morgan fingerprint density at radius 2 is 1.73 bits per heavy atom. The van der Waals surface area contributed by atoms with Crippen molar-refractivity contribution in [2.75, 3.05) is 13.1 Å². The maximum atomic E-state index is 11.6. The van der Waals surface area contributed by atoms with Gasteiger partial charge in [-0.1, -0.05) is 0 Å². The first-order valence-electron chi connectivity index (χ1n) is 5.47. The molecule has 1 saturated heterocycles. The van der Waals surface area contributed by atoms with Gasteiger partial charge in [0.1, 0.15) is 6.42 Å². The molecule has 1 heterocycles. The topological polar surface area (TPSA) is 49.4 Å². The summed E-state index contributed by atoms with van der Waals surface area (Å²) in [5.74, 6) is -0.228. The van der Waals surface area contributed by atoms with Crippen LogP contribution in [0.1, 0.15) is 40.0 Å². The minimum absolute atomic E-state index is 0.0166. The summed E-state index contributed by atoms with van der Waals surface area (Å²) in [5, 5.41) is 2.79. The molecule has 1 N–H and O–H groups in total. The summed E-state index contributed by atoms with van der Waals surface area (Å²) in [6.07, 6.45) is 2.11. The zero-order valence-electron chi connectivity index (χ0n) is 9.80. The lowest BCUT2D eigenvalue weighted by molar-refractivity contribution is -0.135. The molecule has 0 bridgehead atoms. The molecule has 0 saturated carbocycles. The Bertz CT molecular complexity index is 250. The number of carbonyl (C=O) groups is 2. The van der Waals surface area contributed by atoms with E-state index in [2.05, 4.69) is 5.32 Å². The molecular weight excluding hydrogens is 192 g/mol. The Balaban J connectivity index is 2.34. The monoisotopic (exact) mass is 212 g/mol. The van der Waals surface area contributed by atoms with E-state index in [1.54, 1.807) is 4.90 Å². The van der Waals surface area contributed by atoms with Crippen LogP contribution < -0.4 is 5.32 Å². The van der Waals surface area contributed by atoms with E-state index in [4.69, 9.17) is 0 Å². The minimum Gasteiger partial charge on any atom is -0.351 e. The molecule has 4 nitrogen and oxygen atoms in total. The molecule has 0 spiro atoms. The number of likely N-dealkylation sites (tertiary alicyclic amines) is 1. The first-order valence-corrected chi connectivity index (χ1v) is 5.47. The van der Waals surface area contributed by atoms with Gasteiger partial charge in [0.25, 0.3) is 0 Å². The van der Waals surface area contributed by atoms with Gasteiger partial charge in [0.05, 0.1) is 0 Å². The van der Waals surface area contributed by atoms with E-state index in [0.29, 0.717) is 0 Å². The smallest absolute Gasteiger partial charge is 0.232 e. The Labute approximate surface area is 91.0 Å². The van der Waals surface area contributed by atoms with Gasteiger partial charge >= 0.3 is 0 Å². The zero-order valence-corrected chi connectivity index (χ0v) is 9.80. The van der Waals surface area contributed by atoms with E-state index < -0.39 is 0 Å². The van der Waals surface area contributed by atoms with Crippen molar-refractivity contribution in [2.24, 2.45) is 0 Å².